The zero-order valence-corrected chi connectivity index (χ0v) is 11.7. The Morgan fingerprint density at radius 1 is 1.44 bits per heavy atom. The second-order valence-corrected chi connectivity index (χ2v) is 5.93. The maximum absolute atomic E-state index is 5.79. The van der Waals surface area contributed by atoms with Crippen molar-refractivity contribution < 1.29 is 0 Å². The summed E-state index contributed by atoms with van der Waals surface area (Å²) >= 11 is 0. The van der Waals surface area contributed by atoms with Gasteiger partial charge in [-0.25, -0.2) is 4.98 Å². The van der Waals surface area contributed by atoms with E-state index in [1.165, 1.54) is 32.1 Å². The van der Waals surface area contributed by atoms with E-state index in [2.05, 4.69) is 28.9 Å². The summed E-state index contributed by atoms with van der Waals surface area (Å²) in [6, 6.07) is 0.398. The molecule has 0 radical (unpaired) electrons. The SMILES string of the molecule is Cn1ccnc1CCC(NN)C1(C)CCCCC1. The van der Waals surface area contributed by atoms with E-state index < -0.39 is 0 Å². The van der Waals surface area contributed by atoms with Gasteiger partial charge in [0.1, 0.15) is 5.82 Å². The first kappa shape index (κ1) is 13.6. The molecule has 0 aromatic carbocycles. The summed E-state index contributed by atoms with van der Waals surface area (Å²) in [4.78, 5) is 4.38. The lowest BCUT2D eigenvalue weighted by Crippen LogP contribution is -2.48. The van der Waals surface area contributed by atoms with Gasteiger partial charge in [-0.05, 0) is 24.7 Å². The quantitative estimate of drug-likeness (QED) is 0.622. The lowest BCUT2D eigenvalue weighted by atomic mass is 9.69. The normalized spacial score (nSPS) is 20.8. The number of nitrogens with zero attached hydrogens (tertiary/aromatic N) is 2. The molecular weight excluding hydrogens is 224 g/mol. The molecule has 1 unspecified atom stereocenters. The number of aromatic nitrogens is 2. The Morgan fingerprint density at radius 3 is 2.72 bits per heavy atom. The number of hydrogen-bond acceptors (Lipinski definition) is 3. The van der Waals surface area contributed by atoms with Crippen molar-refractivity contribution in [2.24, 2.45) is 18.3 Å². The van der Waals surface area contributed by atoms with Crippen molar-refractivity contribution in [3.8, 4) is 0 Å². The highest BCUT2D eigenvalue weighted by molar-refractivity contribution is 4.95. The first-order valence-electron chi connectivity index (χ1n) is 7.08. The second kappa shape index (κ2) is 5.85. The molecule has 0 aliphatic heterocycles. The first-order valence-corrected chi connectivity index (χ1v) is 7.08. The van der Waals surface area contributed by atoms with Crippen LogP contribution in [0.2, 0.25) is 0 Å². The molecule has 1 aliphatic carbocycles. The van der Waals surface area contributed by atoms with Gasteiger partial charge in [-0.3, -0.25) is 11.3 Å². The Morgan fingerprint density at radius 2 is 2.17 bits per heavy atom. The molecule has 0 spiro atoms. The summed E-state index contributed by atoms with van der Waals surface area (Å²) < 4.78 is 2.09. The van der Waals surface area contributed by atoms with Crippen LogP contribution in [0.4, 0.5) is 0 Å². The van der Waals surface area contributed by atoms with Crippen LogP contribution in [0.15, 0.2) is 12.4 Å². The van der Waals surface area contributed by atoms with Gasteiger partial charge in [0.25, 0.3) is 0 Å². The molecule has 0 amide bonds. The van der Waals surface area contributed by atoms with Gasteiger partial charge < -0.3 is 4.57 Å². The Hall–Kier alpha value is -0.870. The molecule has 4 heteroatoms. The molecule has 18 heavy (non-hydrogen) atoms. The number of aryl methyl sites for hydroxylation is 2. The van der Waals surface area contributed by atoms with Crippen LogP contribution in [0.1, 0.15) is 51.3 Å². The summed E-state index contributed by atoms with van der Waals surface area (Å²) in [6.07, 6.45) is 12.6. The number of nitrogens with two attached hydrogens (primary N) is 1. The number of hydrazine groups is 1. The van der Waals surface area contributed by atoms with Gasteiger partial charge >= 0.3 is 0 Å². The van der Waals surface area contributed by atoms with Crippen molar-refractivity contribution in [1.82, 2.24) is 15.0 Å². The van der Waals surface area contributed by atoms with Crippen LogP contribution in [-0.4, -0.2) is 15.6 Å². The molecular formula is C14H26N4. The average molecular weight is 250 g/mol. The van der Waals surface area contributed by atoms with Gasteiger partial charge in [-0.2, -0.15) is 0 Å². The highest BCUT2D eigenvalue weighted by atomic mass is 15.2. The Balaban J connectivity index is 1.94. The average Bonchev–Trinajstić information content (AvgIpc) is 2.76. The Labute approximate surface area is 110 Å². The monoisotopic (exact) mass is 250 g/mol. The van der Waals surface area contributed by atoms with Gasteiger partial charge in [0.2, 0.25) is 0 Å². The third-order valence-electron chi connectivity index (χ3n) is 4.62. The van der Waals surface area contributed by atoms with Crippen molar-refractivity contribution in [3.05, 3.63) is 18.2 Å². The van der Waals surface area contributed by atoms with Crippen molar-refractivity contribution in [3.63, 3.8) is 0 Å². The van der Waals surface area contributed by atoms with Crippen LogP contribution >= 0.6 is 0 Å². The summed E-state index contributed by atoms with van der Waals surface area (Å²) in [7, 11) is 2.05. The standard InChI is InChI=1S/C14H26N4/c1-14(8-4-3-5-9-14)12(17-15)6-7-13-16-10-11-18(13)2/h10-12,17H,3-9,15H2,1-2H3. The molecule has 1 aromatic rings. The number of rotatable bonds is 5. The van der Waals surface area contributed by atoms with Crippen LogP contribution in [0.3, 0.4) is 0 Å². The molecule has 102 valence electrons. The molecule has 1 aliphatic rings. The van der Waals surface area contributed by atoms with E-state index in [0.717, 1.165) is 18.7 Å². The minimum absolute atomic E-state index is 0.359. The lowest BCUT2D eigenvalue weighted by molar-refractivity contribution is 0.137. The van der Waals surface area contributed by atoms with Crippen LogP contribution < -0.4 is 11.3 Å². The minimum atomic E-state index is 0.359. The predicted octanol–water partition coefficient (Wildman–Crippen LogP) is 2.15. The molecule has 2 rings (SSSR count). The van der Waals surface area contributed by atoms with Crippen molar-refractivity contribution in [1.29, 1.82) is 0 Å². The molecule has 1 atom stereocenters. The number of nitrogens with one attached hydrogen (secondary N) is 1. The highest BCUT2D eigenvalue weighted by Gasteiger charge is 2.34. The van der Waals surface area contributed by atoms with Gasteiger partial charge in [0.05, 0.1) is 0 Å². The Bertz CT molecular complexity index is 366. The smallest absolute Gasteiger partial charge is 0.108 e. The predicted molar refractivity (Wildman–Crippen MR) is 73.8 cm³/mol. The van der Waals surface area contributed by atoms with Gasteiger partial charge in [-0.1, -0.05) is 26.2 Å². The Kier molecular flexibility index (Phi) is 4.40. The minimum Gasteiger partial charge on any atom is -0.338 e. The molecule has 1 fully saturated rings. The molecule has 1 saturated carbocycles. The largest absolute Gasteiger partial charge is 0.338 e. The fraction of sp³-hybridized carbons (Fsp3) is 0.786. The van der Waals surface area contributed by atoms with Crippen molar-refractivity contribution >= 4 is 0 Å². The summed E-state index contributed by atoms with van der Waals surface area (Å²) in [5.74, 6) is 6.94. The maximum Gasteiger partial charge on any atom is 0.108 e. The molecule has 1 aromatic heterocycles. The highest BCUT2D eigenvalue weighted by Crippen LogP contribution is 2.39. The molecule has 4 nitrogen and oxygen atoms in total. The van der Waals surface area contributed by atoms with E-state index in [-0.39, 0.29) is 0 Å². The van der Waals surface area contributed by atoms with E-state index in [4.69, 9.17) is 5.84 Å². The third kappa shape index (κ3) is 2.93. The summed E-state index contributed by atoms with van der Waals surface area (Å²) in [6.45, 7) is 2.38. The summed E-state index contributed by atoms with van der Waals surface area (Å²) in [5.41, 5.74) is 3.42. The van der Waals surface area contributed by atoms with Crippen LogP contribution in [-0.2, 0) is 13.5 Å². The van der Waals surface area contributed by atoms with E-state index in [9.17, 15) is 0 Å². The first-order chi connectivity index (χ1) is 8.65. The number of imidazole rings is 1. The molecule has 3 N–H and O–H groups in total. The fourth-order valence-corrected chi connectivity index (χ4v) is 3.25. The van der Waals surface area contributed by atoms with E-state index in [1.807, 2.05) is 12.4 Å². The van der Waals surface area contributed by atoms with Crippen molar-refractivity contribution in [2.45, 2.75) is 57.9 Å². The maximum atomic E-state index is 5.79. The number of hydrogen-bond donors (Lipinski definition) is 2. The van der Waals surface area contributed by atoms with Crippen LogP contribution in [0, 0.1) is 5.41 Å². The van der Waals surface area contributed by atoms with E-state index >= 15 is 0 Å². The molecule has 0 saturated heterocycles. The third-order valence-corrected chi connectivity index (χ3v) is 4.62. The van der Waals surface area contributed by atoms with Crippen LogP contribution in [0.5, 0.6) is 0 Å². The van der Waals surface area contributed by atoms with Crippen LogP contribution in [0.25, 0.3) is 0 Å². The zero-order valence-electron chi connectivity index (χ0n) is 11.7. The second-order valence-electron chi connectivity index (χ2n) is 5.93. The summed E-state index contributed by atoms with van der Waals surface area (Å²) in [5, 5.41) is 0. The zero-order chi connectivity index (χ0) is 13.0. The van der Waals surface area contributed by atoms with Gasteiger partial charge in [0, 0.05) is 31.9 Å². The van der Waals surface area contributed by atoms with E-state index in [0.29, 0.717) is 11.5 Å². The topological polar surface area (TPSA) is 55.9 Å². The van der Waals surface area contributed by atoms with Gasteiger partial charge in [0.15, 0.2) is 0 Å². The van der Waals surface area contributed by atoms with Gasteiger partial charge in [-0.15, -0.1) is 0 Å². The fourth-order valence-electron chi connectivity index (χ4n) is 3.25. The molecule has 1 heterocycles. The van der Waals surface area contributed by atoms with E-state index in [1.54, 1.807) is 0 Å². The molecule has 0 bridgehead atoms. The lowest BCUT2D eigenvalue weighted by Gasteiger charge is -2.40. The van der Waals surface area contributed by atoms with Crippen molar-refractivity contribution in [2.75, 3.05) is 0 Å².